The zero-order chi connectivity index (χ0) is 59.4. The lowest BCUT2D eigenvalue weighted by Crippen LogP contribution is -2.44. The molecule has 8 aromatic rings. The summed E-state index contributed by atoms with van der Waals surface area (Å²) < 4.78 is 60.5. The summed E-state index contributed by atoms with van der Waals surface area (Å²) in [5, 5.41) is 18.5. The number of aromatic nitrogens is 6. The Kier molecular flexibility index (Phi) is 18.4. The molecule has 4 aromatic heterocycles. The first kappa shape index (κ1) is 60.1. The molecule has 5 fully saturated rings. The highest BCUT2D eigenvalue weighted by Crippen LogP contribution is 2.39. The molecule has 5 aliphatic rings. The van der Waals surface area contributed by atoms with Crippen molar-refractivity contribution in [2.45, 2.75) is 96.8 Å². The van der Waals surface area contributed by atoms with Crippen LogP contribution in [0.3, 0.4) is 0 Å². The number of nitrogens with one attached hydrogen (secondary N) is 3. The maximum Gasteiger partial charge on any atom is 0.257 e. The third-order valence-corrected chi connectivity index (χ3v) is 17.5. The largest absolute Gasteiger partial charge is 0.382 e. The lowest BCUT2D eigenvalue weighted by atomic mass is 9.95. The molecule has 4 aromatic carbocycles. The van der Waals surface area contributed by atoms with Crippen LogP contribution in [-0.2, 0) is 6.54 Å². The van der Waals surface area contributed by atoms with Crippen LogP contribution in [0.5, 0.6) is 0 Å². The van der Waals surface area contributed by atoms with E-state index in [9.17, 15) is 27.2 Å². The van der Waals surface area contributed by atoms with Crippen molar-refractivity contribution in [2.24, 2.45) is 0 Å². The van der Waals surface area contributed by atoms with E-state index in [2.05, 4.69) is 65.4 Å². The summed E-state index contributed by atoms with van der Waals surface area (Å²) in [7, 11) is 2.15. The Balaban J connectivity index is 0.000000179. The molecule has 1 saturated carbocycles. The second-order valence-electron chi connectivity index (χ2n) is 23.4. The van der Waals surface area contributed by atoms with Gasteiger partial charge in [-0.3, -0.25) is 14.5 Å². The van der Waals surface area contributed by atoms with Crippen molar-refractivity contribution in [3.8, 4) is 0 Å². The van der Waals surface area contributed by atoms with Gasteiger partial charge in [0.25, 0.3) is 11.8 Å². The van der Waals surface area contributed by atoms with Gasteiger partial charge in [0, 0.05) is 124 Å². The van der Waals surface area contributed by atoms with E-state index in [1.54, 1.807) is 39.9 Å². The second kappa shape index (κ2) is 26.6. The number of anilines is 6. The predicted octanol–water partition coefficient (Wildman–Crippen LogP) is 12.0. The highest BCUT2D eigenvalue weighted by atomic mass is 19.1. The van der Waals surface area contributed by atoms with Gasteiger partial charge in [-0.15, -0.1) is 0 Å². The molecular weight excluding hydrogens is 1110 g/mol. The summed E-state index contributed by atoms with van der Waals surface area (Å²) in [4.78, 5) is 50.0. The van der Waals surface area contributed by atoms with Gasteiger partial charge in [-0.1, -0.05) is 45.4 Å². The van der Waals surface area contributed by atoms with E-state index >= 15 is 0 Å². The number of amides is 2. The Morgan fingerprint density at radius 2 is 1.14 bits per heavy atom. The summed E-state index contributed by atoms with van der Waals surface area (Å²) in [6.07, 6.45) is 15.6. The van der Waals surface area contributed by atoms with E-state index in [0.29, 0.717) is 88.5 Å². The molecule has 13 rings (SSSR count). The number of benzene rings is 4. The molecule has 4 aliphatic heterocycles. The van der Waals surface area contributed by atoms with E-state index in [1.807, 2.05) is 59.2 Å². The smallest absolute Gasteiger partial charge is 0.257 e. The first-order chi connectivity index (χ1) is 41.8. The Morgan fingerprint density at radius 3 is 1.69 bits per heavy atom. The van der Waals surface area contributed by atoms with E-state index in [1.165, 1.54) is 43.5 Å². The van der Waals surface area contributed by atoms with Crippen molar-refractivity contribution in [1.82, 2.24) is 43.9 Å². The summed E-state index contributed by atoms with van der Waals surface area (Å²) in [6.45, 7) is 16.1. The Morgan fingerprint density at radius 1 is 0.586 bits per heavy atom. The average molecular weight is 1190 g/mol. The Labute approximate surface area is 505 Å². The molecule has 2 amide bonds. The number of halogens is 4. The van der Waals surface area contributed by atoms with Crippen LogP contribution in [0.1, 0.15) is 122 Å². The number of fused-ring (bicyclic) bond motifs is 2. The minimum Gasteiger partial charge on any atom is -0.382 e. The van der Waals surface area contributed by atoms with Crippen LogP contribution >= 0.6 is 0 Å². The highest BCUT2D eigenvalue weighted by Gasteiger charge is 2.32. The Hall–Kier alpha value is -8.56. The fraction of sp³-hybridized carbons (Fsp3) is 0.394. The lowest BCUT2D eigenvalue weighted by Gasteiger charge is -2.36. The third kappa shape index (κ3) is 13.5. The number of carbonyl (C=O) groups is 2. The van der Waals surface area contributed by atoms with Crippen LogP contribution in [0.25, 0.3) is 11.3 Å². The monoisotopic (exact) mass is 1190 g/mol. The van der Waals surface area contributed by atoms with Gasteiger partial charge in [-0.25, -0.2) is 36.6 Å². The first-order valence-electron chi connectivity index (χ1n) is 30.1. The standard InChI is InChI=1S/C34H40F2N8O.C31H33F2N7O.CH4/c1-41-16-18-42(19-17-41)25-10-11-26(29(21-25)38-24-6-3-2-4-7-24)34(45)39-30-22-37-44-15-13-32(40-33(30)44)43-14-5-8-31(43)27-20-23(35)9-12-28(27)36;1-21(2)38-16-14-37(15-17-38)20-22-5-7-23(8-6-22)31(41)35-27-19-34-40-13-11-29(36-30(27)40)39-12-3-4-28(39)25-18-24(32)9-10-26(25)33;/h9-13,15,20-22,24,31,38H,2-8,14,16-19H2,1H3,(H,39,45);5-11,13,18-19,28H,1,3-4,12,14-17,20H2,2H3,(H,35,41);1H4/t31-;28-;/m11./s1. The van der Waals surface area contributed by atoms with Crippen LogP contribution in [0.15, 0.2) is 128 Å². The lowest BCUT2D eigenvalue weighted by molar-refractivity contribution is 0.101. The van der Waals surface area contributed by atoms with Gasteiger partial charge in [-0.2, -0.15) is 10.2 Å². The van der Waals surface area contributed by atoms with Crippen molar-refractivity contribution >= 4 is 57.5 Å². The van der Waals surface area contributed by atoms with Crippen molar-refractivity contribution in [2.75, 3.05) is 103 Å². The summed E-state index contributed by atoms with van der Waals surface area (Å²) in [5.41, 5.74) is 7.93. The number of piperazine rings is 2. The topological polar surface area (TPSA) is 150 Å². The van der Waals surface area contributed by atoms with Gasteiger partial charge >= 0.3 is 0 Å². The molecule has 21 heteroatoms. The number of rotatable bonds is 14. The van der Waals surface area contributed by atoms with Gasteiger partial charge in [0.1, 0.15) is 46.3 Å². The number of carbonyl (C=O) groups excluding carboxylic acids is 2. The van der Waals surface area contributed by atoms with E-state index in [0.717, 1.165) is 119 Å². The molecule has 3 N–H and O–H groups in total. The fourth-order valence-corrected chi connectivity index (χ4v) is 12.8. The summed E-state index contributed by atoms with van der Waals surface area (Å²) in [6, 6.07) is 24.2. The molecule has 8 heterocycles. The van der Waals surface area contributed by atoms with Crippen molar-refractivity contribution in [3.05, 3.63) is 179 Å². The van der Waals surface area contributed by atoms with Gasteiger partial charge in [0.05, 0.1) is 30.0 Å². The molecule has 2 atom stereocenters. The zero-order valence-corrected chi connectivity index (χ0v) is 48.7. The number of hydrogen-bond donors (Lipinski definition) is 3. The molecule has 4 saturated heterocycles. The molecule has 0 bridgehead atoms. The van der Waals surface area contributed by atoms with Crippen molar-refractivity contribution in [1.29, 1.82) is 0 Å². The van der Waals surface area contributed by atoms with Crippen LogP contribution in [-0.4, -0.2) is 134 Å². The van der Waals surface area contributed by atoms with Crippen LogP contribution in [0, 0.1) is 23.3 Å². The Bertz CT molecular complexity index is 3740. The van der Waals surface area contributed by atoms with E-state index in [-0.39, 0.29) is 31.3 Å². The average Bonchev–Trinajstić information content (AvgIpc) is 3.31. The molecule has 0 spiro atoms. The number of allylic oxidation sites excluding steroid dienone is 1. The maximum atomic E-state index is 14.7. The minimum absolute atomic E-state index is 0. The van der Waals surface area contributed by atoms with Crippen molar-refractivity contribution in [3.63, 3.8) is 0 Å². The van der Waals surface area contributed by atoms with Crippen LogP contribution < -0.4 is 30.7 Å². The summed E-state index contributed by atoms with van der Waals surface area (Å²) >= 11 is 0. The first-order valence-corrected chi connectivity index (χ1v) is 30.1. The second-order valence-corrected chi connectivity index (χ2v) is 23.4. The van der Waals surface area contributed by atoms with E-state index < -0.39 is 23.3 Å². The van der Waals surface area contributed by atoms with Gasteiger partial charge in [0.2, 0.25) is 0 Å². The molecule has 87 heavy (non-hydrogen) atoms. The van der Waals surface area contributed by atoms with Crippen molar-refractivity contribution < 1.29 is 27.2 Å². The fourth-order valence-electron chi connectivity index (χ4n) is 12.8. The number of nitrogens with zero attached hydrogens (tertiary/aromatic N) is 12. The van der Waals surface area contributed by atoms with Gasteiger partial charge < -0.3 is 40.4 Å². The molecule has 1 aliphatic carbocycles. The molecular formula is C66H77F4N15O2. The molecule has 0 unspecified atom stereocenters. The minimum atomic E-state index is -0.466. The predicted molar refractivity (Wildman–Crippen MR) is 335 cm³/mol. The zero-order valence-electron chi connectivity index (χ0n) is 48.7. The molecule has 456 valence electrons. The quantitative estimate of drug-likeness (QED) is 0.0887. The van der Waals surface area contributed by atoms with Crippen LogP contribution in [0.2, 0.25) is 0 Å². The summed E-state index contributed by atoms with van der Waals surface area (Å²) in [5.74, 6) is -1.03. The maximum absolute atomic E-state index is 14.7. The SMILES string of the molecule is C.C=C(C)N1CCN(Cc2ccc(C(=O)Nc3cnn4ccc(N5CCC[C@@H]5c5cc(F)ccc5F)nc34)cc2)CC1.CN1CCN(c2ccc(C(=O)Nc3cnn4ccc(N5CCC[C@@H]5c5cc(F)ccc5F)nc34)c(NC3CCCCC3)c2)CC1. The highest BCUT2D eigenvalue weighted by molar-refractivity contribution is 6.10. The van der Waals surface area contributed by atoms with Gasteiger partial charge in [0.15, 0.2) is 11.3 Å². The molecule has 17 nitrogen and oxygen atoms in total. The third-order valence-electron chi connectivity index (χ3n) is 17.5. The number of hydrogen-bond acceptors (Lipinski definition) is 13. The molecule has 0 radical (unpaired) electrons. The number of likely N-dealkylation sites (N-methyl/N-ethyl adjacent to an activating group) is 1. The van der Waals surface area contributed by atoms with Gasteiger partial charge in [-0.05, 0) is 137 Å². The normalized spacial score (nSPS) is 18.6. The van der Waals surface area contributed by atoms with Crippen LogP contribution in [0.4, 0.5) is 51.9 Å². The van der Waals surface area contributed by atoms with E-state index in [4.69, 9.17) is 9.97 Å².